The van der Waals surface area contributed by atoms with Gasteiger partial charge in [0.1, 0.15) is 18.1 Å². The summed E-state index contributed by atoms with van der Waals surface area (Å²) in [6.45, 7) is 1.64. The molecular formula is C17H18N2O6. The maximum absolute atomic E-state index is 11.8. The Morgan fingerprint density at radius 1 is 1.08 bits per heavy atom. The molecule has 0 fully saturated rings. The van der Waals surface area contributed by atoms with Gasteiger partial charge in [-0.15, -0.1) is 0 Å². The lowest BCUT2D eigenvalue weighted by atomic mass is 10.3. The van der Waals surface area contributed by atoms with Crippen molar-refractivity contribution in [3.63, 3.8) is 0 Å². The lowest BCUT2D eigenvalue weighted by Gasteiger charge is -2.05. The van der Waals surface area contributed by atoms with Crippen molar-refractivity contribution in [3.8, 4) is 5.75 Å². The van der Waals surface area contributed by atoms with Gasteiger partial charge in [-0.1, -0.05) is 18.2 Å². The summed E-state index contributed by atoms with van der Waals surface area (Å²) in [5.41, 5.74) is 0. The molecule has 132 valence electrons. The summed E-state index contributed by atoms with van der Waals surface area (Å²) in [5, 5.41) is 4.40. The summed E-state index contributed by atoms with van der Waals surface area (Å²) in [6, 6.07) is 11.5. The Morgan fingerprint density at radius 2 is 1.84 bits per heavy atom. The first-order valence-electron chi connectivity index (χ1n) is 7.60. The van der Waals surface area contributed by atoms with Crippen LogP contribution in [0.25, 0.3) is 0 Å². The SMILES string of the molecule is CCNC(=O)NC(=O)COC(=O)c1ccc(COc2ccccc2)o1. The Kier molecular flexibility index (Phi) is 6.58. The highest BCUT2D eigenvalue weighted by Crippen LogP contribution is 2.14. The van der Waals surface area contributed by atoms with Crippen LogP contribution in [0.1, 0.15) is 23.2 Å². The van der Waals surface area contributed by atoms with Crippen molar-refractivity contribution in [1.29, 1.82) is 0 Å². The maximum Gasteiger partial charge on any atom is 0.374 e. The third kappa shape index (κ3) is 6.02. The topological polar surface area (TPSA) is 107 Å². The molecule has 0 aliphatic rings. The molecule has 1 aromatic heterocycles. The minimum absolute atomic E-state index is 0.0579. The van der Waals surface area contributed by atoms with Gasteiger partial charge in [0.05, 0.1) is 0 Å². The smallest absolute Gasteiger partial charge is 0.374 e. The molecule has 1 aromatic carbocycles. The molecule has 25 heavy (non-hydrogen) atoms. The molecule has 2 N–H and O–H groups in total. The number of ether oxygens (including phenoxy) is 2. The summed E-state index contributed by atoms with van der Waals surface area (Å²) in [6.07, 6.45) is 0. The van der Waals surface area contributed by atoms with Crippen molar-refractivity contribution in [1.82, 2.24) is 10.6 Å². The van der Waals surface area contributed by atoms with Crippen LogP contribution in [0.5, 0.6) is 5.75 Å². The van der Waals surface area contributed by atoms with E-state index >= 15 is 0 Å². The molecule has 2 aromatic rings. The number of hydrogen-bond donors (Lipinski definition) is 2. The fraction of sp³-hybridized carbons (Fsp3) is 0.235. The van der Waals surface area contributed by atoms with Gasteiger partial charge >= 0.3 is 12.0 Å². The lowest BCUT2D eigenvalue weighted by molar-refractivity contribution is -0.123. The lowest BCUT2D eigenvalue weighted by Crippen LogP contribution is -2.41. The average Bonchev–Trinajstić information content (AvgIpc) is 3.08. The molecule has 0 radical (unpaired) electrons. The van der Waals surface area contributed by atoms with E-state index in [1.54, 1.807) is 25.1 Å². The number of para-hydroxylation sites is 1. The van der Waals surface area contributed by atoms with Crippen molar-refractivity contribution in [2.24, 2.45) is 0 Å². The molecule has 8 heteroatoms. The van der Waals surface area contributed by atoms with Crippen LogP contribution < -0.4 is 15.4 Å². The van der Waals surface area contributed by atoms with E-state index in [-0.39, 0.29) is 12.4 Å². The molecule has 3 amide bonds. The third-order valence-electron chi connectivity index (χ3n) is 2.91. The fourth-order valence-electron chi connectivity index (χ4n) is 1.81. The fourth-order valence-corrected chi connectivity index (χ4v) is 1.81. The number of hydrogen-bond acceptors (Lipinski definition) is 6. The van der Waals surface area contributed by atoms with E-state index in [0.29, 0.717) is 18.1 Å². The Bertz CT molecular complexity index is 726. The Hall–Kier alpha value is -3.29. The minimum Gasteiger partial charge on any atom is -0.486 e. The van der Waals surface area contributed by atoms with Gasteiger partial charge in [0.25, 0.3) is 5.91 Å². The van der Waals surface area contributed by atoms with Gasteiger partial charge in [-0.05, 0) is 31.2 Å². The number of imide groups is 1. The second-order valence-electron chi connectivity index (χ2n) is 4.85. The Labute approximate surface area is 144 Å². The number of nitrogens with one attached hydrogen (secondary N) is 2. The summed E-state index contributed by atoms with van der Waals surface area (Å²) in [4.78, 5) is 34.4. The maximum atomic E-state index is 11.8. The van der Waals surface area contributed by atoms with E-state index in [4.69, 9.17) is 13.9 Å². The Morgan fingerprint density at radius 3 is 2.56 bits per heavy atom. The van der Waals surface area contributed by atoms with Gasteiger partial charge in [-0.3, -0.25) is 10.1 Å². The van der Waals surface area contributed by atoms with Crippen LogP contribution >= 0.6 is 0 Å². The molecule has 2 rings (SSSR count). The van der Waals surface area contributed by atoms with E-state index in [1.807, 2.05) is 23.5 Å². The highest BCUT2D eigenvalue weighted by molar-refractivity contribution is 5.96. The van der Waals surface area contributed by atoms with Crippen LogP contribution in [0.4, 0.5) is 4.79 Å². The zero-order valence-corrected chi connectivity index (χ0v) is 13.6. The van der Waals surface area contributed by atoms with Crippen molar-refractivity contribution < 1.29 is 28.3 Å². The molecule has 0 saturated heterocycles. The Balaban J connectivity index is 1.78. The minimum atomic E-state index is -0.808. The number of carbonyl (C=O) groups excluding carboxylic acids is 3. The molecule has 0 unspecified atom stereocenters. The number of carbonyl (C=O) groups is 3. The van der Waals surface area contributed by atoms with Crippen LogP contribution in [0.15, 0.2) is 46.9 Å². The van der Waals surface area contributed by atoms with Gasteiger partial charge < -0.3 is 19.2 Å². The van der Waals surface area contributed by atoms with Crippen LogP contribution in [0.3, 0.4) is 0 Å². The summed E-state index contributed by atoms with van der Waals surface area (Å²) in [7, 11) is 0. The largest absolute Gasteiger partial charge is 0.486 e. The number of amides is 3. The predicted molar refractivity (Wildman–Crippen MR) is 87.0 cm³/mol. The highest BCUT2D eigenvalue weighted by Gasteiger charge is 2.16. The first-order chi connectivity index (χ1) is 12.1. The van der Waals surface area contributed by atoms with Gasteiger partial charge in [-0.2, -0.15) is 0 Å². The molecular weight excluding hydrogens is 328 g/mol. The predicted octanol–water partition coefficient (Wildman–Crippen LogP) is 1.86. The summed E-state index contributed by atoms with van der Waals surface area (Å²) >= 11 is 0. The van der Waals surface area contributed by atoms with Crippen LogP contribution in [0, 0.1) is 0 Å². The average molecular weight is 346 g/mol. The van der Waals surface area contributed by atoms with Crippen LogP contribution in [-0.2, 0) is 16.1 Å². The molecule has 0 saturated carbocycles. The molecule has 0 bridgehead atoms. The molecule has 8 nitrogen and oxygen atoms in total. The highest BCUT2D eigenvalue weighted by atomic mass is 16.6. The van der Waals surface area contributed by atoms with E-state index in [0.717, 1.165) is 0 Å². The van der Waals surface area contributed by atoms with Crippen molar-refractivity contribution >= 4 is 17.9 Å². The van der Waals surface area contributed by atoms with E-state index in [1.165, 1.54) is 6.07 Å². The number of rotatable bonds is 7. The molecule has 1 heterocycles. The van der Waals surface area contributed by atoms with Gasteiger partial charge in [-0.25, -0.2) is 9.59 Å². The van der Waals surface area contributed by atoms with Crippen LogP contribution in [0.2, 0.25) is 0 Å². The molecule has 0 aliphatic heterocycles. The summed E-state index contributed by atoms with van der Waals surface area (Å²) < 4.78 is 15.6. The normalized spacial score (nSPS) is 9.96. The molecule has 0 spiro atoms. The number of furan rings is 1. The molecule has 0 atom stereocenters. The van der Waals surface area contributed by atoms with Gasteiger partial charge in [0.15, 0.2) is 6.61 Å². The standard InChI is InChI=1S/C17H18N2O6/c1-2-18-17(22)19-15(20)11-24-16(21)14-9-8-13(25-14)10-23-12-6-4-3-5-7-12/h3-9H,2,10-11H2,1H3,(H2,18,19,20,22). The first-order valence-corrected chi connectivity index (χ1v) is 7.60. The van der Waals surface area contributed by atoms with Crippen molar-refractivity contribution in [2.75, 3.05) is 13.2 Å². The second kappa shape index (κ2) is 9.11. The molecule has 0 aliphatic carbocycles. The zero-order valence-electron chi connectivity index (χ0n) is 13.6. The van der Waals surface area contributed by atoms with E-state index in [2.05, 4.69) is 5.32 Å². The quantitative estimate of drug-likeness (QED) is 0.741. The van der Waals surface area contributed by atoms with E-state index in [9.17, 15) is 14.4 Å². The number of urea groups is 1. The summed E-state index contributed by atoms with van der Waals surface area (Å²) in [5.74, 6) is -0.499. The van der Waals surface area contributed by atoms with Crippen molar-refractivity contribution in [3.05, 3.63) is 54.0 Å². The third-order valence-corrected chi connectivity index (χ3v) is 2.91. The van der Waals surface area contributed by atoms with E-state index < -0.39 is 24.5 Å². The van der Waals surface area contributed by atoms with Gasteiger partial charge in [0.2, 0.25) is 5.76 Å². The zero-order chi connectivity index (χ0) is 18.1. The first kappa shape index (κ1) is 18.1. The van der Waals surface area contributed by atoms with Crippen molar-refractivity contribution in [2.45, 2.75) is 13.5 Å². The number of benzene rings is 1. The second-order valence-corrected chi connectivity index (χ2v) is 4.85. The number of esters is 1. The van der Waals surface area contributed by atoms with Gasteiger partial charge in [0, 0.05) is 6.54 Å². The van der Waals surface area contributed by atoms with Crippen LogP contribution in [-0.4, -0.2) is 31.1 Å². The monoisotopic (exact) mass is 346 g/mol.